The maximum Gasteiger partial charge on any atom is 0.199 e. The number of hydrogen-bond donors (Lipinski definition) is 0. The molecule has 7 nitrogen and oxygen atoms in total. The van der Waals surface area contributed by atoms with E-state index in [-0.39, 0.29) is 12.6 Å². The van der Waals surface area contributed by atoms with Crippen molar-refractivity contribution in [3.05, 3.63) is 149 Å². The molecule has 0 spiro atoms. The Balaban J connectivity index is 0.000000181. The van der Waals surface area contributed by atoms with Crippen LogP contribution < -0.4 is 23.7 Å². The van der Waals surface area contributed by atoms with E-state index in [1.165, 1.54) is 5.56 Å². The first-order valence-corrected chi connectivity index (χ1v) is 21.5. The fraction of sp³-hybridized carbons (Fsp3) is 0.308. The predicted molar refractivity (Wildman–Crippen MR) is 249 cm³/mol. The summed E-state index contributed by atoms with van der Waals surface area (Å²) in [6.45, 7) is 9.29. The number of halogens is 1. The molecule has 2 fully saturated rings. The van der Waals surface area contributed by atoms with Crippen LogP contribution in [0.4, 0.5) is 0 Å². The number of benzene rings is 5. The molecule has 0 bridgehead atoms. The first-order valence-electron chi connectivity index (χ1n) is 20.7. The highest BCUT2D eigenvalue weighted by Crippen LogP contribution is 2.34. The van der Waals surface area contributed by atoms with E-state index < -0.39 is 0 Å². The summed E-state index contributed by atoms with van der Waals surface area (Å²) in [7, 11) is 5.06. The Morgan fingerprint density at radius 2 is 1.03 bits per heavy atom. The van der Waals surface area contributed by atoms with E-state index in [4.69, 9.17) is 33.2 Å². The van der Waals surface area contributed by atoms with Crippen molar-refractivity contribution in [3.8, 4) is 51.0 Å². The third-order valence-electron chi connectivity index (χ3n) is 9.90. The predicted octanol–water partition coefficient (Wildman–Crippen LogP) is 13.8. The average molecular weight is 876 g/mol. The van der Waals surface area contributed by atoms with E-state index in [0.29, 0.717) is 0 Å². The molecule has 2 atom stereocenters. The Morgan fingerprint density at radius 3 is 1.40 bits per heavy atom. The zero-order valence-electron chi connectivity index (χ0n) is 35.7. The molecule has 0 radical (unpaired) electrons. The van der Waals surface area contributed by atoms with Gasteiger partial charge in [0, 0.05) is 24.0 Å². The van der Waals surface area contributed by atoms with Gasteiger partial charge in [-0.2, -0.15) is 0 Å². The van der Waals surface area contributed by atoms with Crippen LogP contribution >= 0.6 is 15.9 Å². The summed E-state index contributed by atoms with van der Waals surface area (Å²) in [5.74, 6) is 4.28. The molecule has 2 aliphatic rings. The highest BCUT2D eigenvalue weighted by Gasteiger charge is 2.17. The smallest absolute Gasteiger partial charge is 0.199 e. The Labute approximate surface area is 365 Å². The van der Waals surface area contributed by atoms with Crippen molar-refractivity contribution in [1.29, 1.82) is 0 Å². The molecule has 0 amide bonds. The van der Waals surface area contributed by atoms with E-state index in [1.807, 2.05) is 86.7 Å². The van der Waals surface area contributed by atoms with Gasteiger partial charge >= 0.3 is 0 Å². The molecule has 2 aliphatic heterocycles. The van der Waals surface area contributed by atoms with Crippen LogP contribution in [0.15, 0.2) is 132 Å². The van der Waals surface area contributed by atoms with Gasteiger partial charge in [0.15, 0.2) is 12.6 Å². The lowest BCUT2D eigenvalue weighted by molar-refractivity contribution is -0.106. The fourth-order valence-corrected chi connectivity index (χ4v) is 7.42. The number of methoxy groups -OCH3 is 3. The molecule has 0 aliphatic carbocycles. The molecular weight excluding hydrogens is 816 g/mol. The molecule has 316 valence electrons. The highest BCUT2D eigenvalue weighted by atomic mass is 79.9. The summed E-state index contributed by atoms with van der Waals surface area (Å²) in [5, 5.41) is 0. The summed E-state index contributed by atoms with van der Waals surface area (Å²) in [5.41, 5.74) is 7.92. The molecular formula is C52H59BrO7. The molecule has 7 rings (SSSR count). The molecule has 2 heterocycles. The average Bonchev–Trinajstić information content (AvgIpc) is 3.28. The third kappa shape index (κ3) is 13.9. The lowest BCUT2D eigenvalue weighted by Crippen LogP contribution is -2.24. The maximum absolute atomic E-state index is 5.90. The van der Waals surface area contributed by atoms with Gasteiger partial charge < -0.3 is 33.2 Å². The van der Waals surface area contributed by atoms with Gasteiger partial charge in [-0.15, -0.1) is 6.58 Å². The minimum Gasteiger partial charge on any atom is -0.496 e. The lowest BCUT2D eigenvalue weighted by Gasteiger charge is -2.23. The molecule has 2 saturated heterocycles. The second kappa shape index (κ2) is 24.7. The molecule has 2 unspecified atom stereocenters. The van der Waals surface area contributed by atoms with Gasteiger partial charge in [-0.3, -0.25) is 0 Å². The first-order chi connectivity index (χ1) is 29.4. The Bertz CT molecular complexity index is 1990. The summed E-state index contributed by atoms with van der Waals surface area (Å²) in [6.07, 6.45) is 17.3. The standard InChI is InChI=1S/2C21H24O3.C10H11BrO/c2*1-3-6-16-8-13-20(22-2)19(15-16)17-9-11-18(12-10-17)24-21-7-4-5-14-23-21;1-3-4-8-5-6-10(12-2)9(11)7-8/h2*3,6,8-13,15,21H,4-5,7,14H2,1-2H3;3,5-7H,1,4H2,2H3/b6-3+;6-3-;. The molecule has 0 aromatic heterocycles. The largest absolute Gasteiger partial charge is 0.496 e. The molecule has 0 N–H and O–H groups in total. The van der Waals surface area contributed by atoms with Gasteiger partial charge in [-0.05, 0) is 150 Å². The van der Waals surface area contributed by atoms with E-state index >= 15 is 0 Å². The summed E-state index contributed by atoms with van der Waals surface area (Å²) in [4.78, 5) is 0. The van der Waals surface area contributed by atoms with E-state index in [0.717, 1.165) is 125 Å². The molecule has 8 heteroatoms. The Kier molecular flexibility index (Phi) is 18.9. The summed E-state index contributed by atoms with van der Waals surface area (Å²) >= 11 is 3.42. The fourth-order valence-electron chi connectivity index (χ4n) is 6.84. The zero-order valence-corrected chi connectivity index (χ0v) is 37.2. The van der Waals surface area contributed by atoms with Crippen molar-refractivity contribution >= 4 is 28.1 Å². The van der Waals surface area contributed by atoms with Crippen LogP contribution in [0.1, 0.15) is 69.1 Å². The van der Waals surface area contributed by atoms with Crippen molar-refractivity contribution in [2.75, 3.05) is 34.5 Å². The molecule has 60 heavy (non-hydrogen) atoms. The highest BCUT2D eigenvalue weighted by molar-refractivity contribution is 9.10. The quantitative estimate of drug-likeness (QED) is 0.109. The van der Waals surface area contributed by atoms with Crippen molar-refractivity contribution < 1.29 is 33.2 Å². The second-order valence-electron chi connectivity index (χ2n) is 14.3. The van der Waals surface area contributed by atoms with E-state index in [2.05, 4.69) is 83.2 Å². The van der Waals surface area contributed by atoms with Gasteiger partial charge in [-0.25, -0.2) is 0 Å². The summed E-state index contributed by atoms with van der Waals surface area (Å²) in [6, 6.07) is 34.7. The van der Waals surface area contributed by atoms with E-state index in [1.54, 1.807) is 21.3 Å². The van der Waals surface area contributed by atoms with Gasteiger partial charge in [0.25, 0.3) is 0 Å². The van der Waals surface area contributed by atoms with Crippen LogP contribution in [0.2, 0.25) is 0 Å². The van der Waals surface area contributed by atoms with Gasteiger partial charge in [0.05, 0.1) is 39.0 Å². The van der Waals surface area contributed by atoms with Crippen molar-refractivity contribution in [3.63, 3.8) is 0 Å². The monoisotopic (exact) mass is 874 g/mol. The van der Waals surface area contributed by atoms with Gasteiger partial charge in [0.1, 0.15) is 28.7 Å². The Hall–Kier alpha value is -5.28. The van der Waals surface area contributed by atoms with Gasteiger partial charge in [0.2, 0.25) is 0 Å². The van der Waals surface area contributed by atoms with Crippen LogP contribution in [-0.2, 0) is 15.9 Å². The van der Waals surface area contributed by atoms with Crippen molar-refractivity contribution in [1.82, 2.24) is 0 Å². The molecule has 5 aromatic carbocycles. The number of ether oxygens (including phenoxy) is 7. The topological polar surface area (TPSA) is 64.6 Å². The van der Waals surface area contributed by atoms with Crippen LogP contribution in [-0.4, -0.2) is 47.1 Å². The van der Waals surface area contributed by atoms with Crippen molar-refractivity contribution in [2.45, 2.75) is 71.4 Å². The van der Waals surface area contributed by atoms with Crippen LogP contribution in [0.5, 0.6) is 28.7 Å². The Morgan fingerprint density at radius 1 is 0.583 bits per heavy atom. The normalized spacial score (nSPS) is 16.2. The van der Waals surface area contributed by atoms with E-state index in [9.17, 15) is 0 Å². The minimum atomic E-state index is -0.114. The number of hydrogen-bond acceptors (Lipinski definition) is 7. The number of allylic oxidation sites excluding steroid dienone is 3. The number of rotatable bonds is 13. The van der Waals surface area contributed by atoms with Crippen LogP contribution in [0.25, 0.3) is 34.4 Å². The minimum absolute atomic E-state index is 0.114. The SMILES string of the molecule is C/C=C/c1ccc(OC)c(-c2ccc(OC3CCCCO3)cc2)c1.C/C=C\c1ccc(OC)c(-c2ccc(OC3CCCCO3)cc2)c1.C=CCc1ccc(OC)c(Br)c1. The summed E-state index contributed by atoms with van der Waals surface area (Å²) < 4.78 is 40.2. The third-order valence-corrected chi connectivity index (χ3v) is 10.5. The first kappa shape index (κ1) is 45.8. The van der Waals surface area contributed by atoms with Crippen LogP contribution in [0, 0.1) is 0 Å². The zero-order chi connectivity index (χ0) is 42.5. The van der Waals surface area contributed by atoms with Crippen LogP contribution in [0.3, 0.4) is 0 Å². The molecule has 5 aromatic rings. The maximum atomic E-state index is 5.90. The second-order valence-corrected chi connectivity index (χ2v) is 15.1. The molecule has 0 saturated carbocycles. The van der Waals surface area contributed by atoms with Crippen molar-refractivity contribution in [2.24, 2.45) is 0 Å². The lowest BCUT2D eigenvalue weighted by atomic mass is 10.0. The van der Waals surface area contributed by atoms with Gasteiger partial charge in [-0.1, -0.05) is 72.8 Å².